The maximum atomic E-state index is 13.1. The van der Waals surface area contributed by atoms with Crippen molar-refractivity contribution in [3.8, 4) is 6.07 Å². The summed E-state index contributed by atoms with van der Waals surface area (Å²) in [6.45, 7) is 6.67. The fourth-order valence-corrected chi connectivity index (χ4v) is 5.88. The largest absolute Gasteiger partial charge is 1.00 e. The number of nitriles is 1. The number of carbonyl (C=O) groups excluding carboxylic acids is 1. The predicted octanol–water partition coefficient (Wildman–Crippen LogP) is 0.385. The normalized spacial score (nSPS) is 21.4. The van der Waals surface area contributed by atoms with Crippen LogP contribution in [0, 0.1) is 22.7 Å². The summed E-state index contributed by atoms with van der Waals surface area (Å²) in [6.07, 6.45) is 12.4. The number of nitrogens with one attached hydrogen (secondary N) is 1. The van der Waals surface area contributed by atoms with Gasteiger partial charge in [-0.05, 0) is 61.3 Å². The molecule has 0 radical (unpaired) electrons. The summed E-state index contributed by atoms with van der Waals surface area (Å²) in [4.78, 5) is 30.1. The van der Waals surface area contributed by atoms with Gasteiger partial charge in [0, 0.05) is 6.20 Å². The van der Waals surface area contributed by atoms with E-state index in [4.69, 9.17) is 4.74 Å². The molecule has 2 heterocycles. The van der Waals surface area contributed by atoms with Crippen LogP contribution in [0.25, 0.3) is 11.9 Å². The van der Waals surface area contributed by atoms with E-state index in [0.29, 0.717) is 23.2 Å². The van der Waals surface area contributed by atoms with Crippen LogP contribution >= 0.6 is 0 Å². The third-order valence-corrected chi connectivity index (χ3v) is 8.60. The van der Waals surface area contributed by atoms with Crippen LogP contribution in [-0.4, -0.2) is 28.0 Å². The van der Waals surface area contributed by atoms with Crippen molar-refractivity contribution in [3.05, 3.63) is 32.9 Å². The number of rotatable bonds is 7. The number of amides is 1. The zero-order valence-corrected chi connectivity index (χ0v) is 25.8. The molecule has 0 saturated heterocycles. The predicted molar refractivity (Wildman–Crippen MR) is 136 cm³/mol. The minimum Gasteiger partial charge on any atom is -0.877 e. The summed E-state index contributed by atoms with van der Waals surface area (Å²) in [5, 5.41) is 24.0. The summed E-state index contributed by atoms with van der Waals surface area (Å²) < 4.78 is 7.14. The van der Waals surface area contributed by atoms with E-state index in [1.165, 1.54) is 10.8 Å². The number of hydrogen-bond donors (Lipinski definition) is 1. The molecule has 1 N–H and O–H groups in total. The molecule has 0 bridgehead atoms. The van der Waals surface area contributed by atoms with E-state index in [1.54, 1.807) is 6.20 Å². The molecule has 0 aromatic carbocycles. The first-order valence-corrected chi connectivity index (χ1v) is 13.3. The van der Waals surface area contributed by atoms with Crippen LogP contribution in [0.4, 0.5) is 5.82 Å². The van der Waals surface area contributed by atoms with Gasteiger partial charge >= 0.3 is 51.4 Å². The zero-order valence-electron chi connectivity index (χ0n) is 22.6. The number of anilines is 1. The average molecular weight is 533 g/mol. The van der Waals surface area contributed by atoms with Crippen molar-refractivity contribution in [1.29, 1.82) is 5.26 Å². The molecule has 2 aromatic rings. The van der Waals surface area contributed by atoms with Crippen LogP contribution < -0.4 is 72.6 Å². The summed E-state index contributed by atoms with van der Waals surface area (Å²) in [6, 6.07) is 2.20. The summed E-state index contributed by atoms with van der Waals surface area (Å²) in [7, 11) is 0. The van der Waals surface area contributed by atoms with E-state index in [0.717, 1.165) is 63.4 Å². The van der Waals surface area contributed by atoms with Crippen LogP contribution in [0.3, 0.4) is 0 Å². The molecule has 0 unspecified atom stereocenters. The Kier molecular flexibility index (Phi) is 10.8. The van der Waals surface area contributed by atoms with Gasteiger partial charge in [-0.15, -0.1) is 6.26 Å². The minimum absolute atomic E-state index is 0. The number of aromatic nitrogens is 2. The van der Waals surface area contributed by atoms with Crippen LogP contribution in [-0.2, 0) is 9.53 Å². The van der Waals surface area contributed by atoms with Crippen molar-refractivity contribution in [2.45, 2.75) is 97.0 Å². The maximum absolute atomic E-state index is 13.1. The van der Waals surface area contributed by atoms with Gasteiger partial charge in [-0.1, -0.05) is 46.5 Å². The Hall–Kier alpha value is -1.28. The van der Waals surface area contributed by atoms with E-state index in [1.807, 2.05) is 0 Å². The van der Waals surface area contributed by atoms with E-state index in [2.05, 4.69) is 37.1 Å². The molecule has 8 nitrogen and oxygen atoms in total. The molecule has 37 heavy (non-hydrogen) atoms. The van der Waals surface area contributed by atoms with Gasteiger partial charge in [0.1, 0.15) is 24.1 Å². The van der Waals surface area contributed by atoms with E-state index in [-0.39, 0.29) is 86.7 Å². The number of ether oxygens (including phenoxy) is 1. The third-order valence-electron chi connectivity index (χ3n) is 8.60. The quantitative estimate of drug-likeness (QED) is 0.515. The first kappa shape index (κ1) is 30.3. The summed E-state index contributed by atoms with van der Waals surface area (Å²) in [5.74, 6) is 0.267. The van der Waals surface area contributed by atoms with Gasteiger partial charge in [-0.25, -0.2) is 4.98 Å². The van der Waals surface area contributed by atoms with Crippen molar-refractivity contribution in [2.24, 2.45) is 11.3 Å². The van der Waals surface area contributed by atoms with E-state index in [9.17, 15) is 20.0 Å². The molecule has 0 aliphatic heterocycles. The standard InChI is InChI=1S/C28H38N4O4.K/c1-4-28(2,3)19-10-12-20(13-11-19)36-17-24(34)30-25-23(16-33)27(35)32-15-22(18-8-6-5-7-9-18)21(14-29)26(32)31-25;/h15-16,18-20,33H,4-13,17H2,1-3H3,(H,30,31,34);/q;+1/p-1/b23-16+;. The van der Waals surface area contributed by atoms with Crippen LogP contribution in [0.2, 0.25) is 0 Å². The van der Waals surface area contributed by atoms with Crippen LogP contribution in [0.5, 0.6) is 0 Å². The molecule has 2 aliphatic carbocycles. The van der Waals surface area contributed by atoms with Crippen LogP contribution in [0.15, 0.2) is 11.0 Å². The molecular weight excluding hydrogens is 495 g/mol. The van der Waals surface area contributed by atoms with Crippen molar-refractivity contribution in [1.82, 2.24) is 9.38 Å². The fraction of sp³-hybridized carbons (Fsp3) is 0.643. The molecule has 2 fully saturated rings. The van der Waals surface area contributed by atoms with Crippen LogP contribution in [0.1, 0.15) is 102 Å². The first-order valence-electron chi connectivity index (χ1n) is 13.3. The molecule has 2 aromatic heterocycles. The second kappa shape index (κ2) is 13.2. The van der Waals surface area contributed by atoms with Gasteiger partial charge < -0.3 is 15.2 Å². The van der Waals surface area contributed by atoms with Gasteiger partial charge in [0.25, 0.3) is 11.5 Å². The average Bonchev–Trinajstić information content (AvgIpc) is 3.27. The third kappa shape index (κ3) is 6.66. The van der Waals surface area contributed by atoms with Gasteiger partial charge in [0.05, 0.1) is 11.3 Å². The maximum Gasteiger partial charge on any atom is 1.00 e. The monoisotopic (exact) mass is 532 g/mol. The van der Waals surface area contributed by atoms with Gasteiger partial charge in [0.2, 0.25) is 0 Å². The van der Waals surface area contributed by atoms with Crippen molar-refractivity contribution in [3.63, 3.8) is 0 Å². The molecule has 0 atom stereocenters. The Labute approximate surface area is 261 Å². The molecule has 2 aliphatic rings. The SMILES string of the molecule is CCC(C)(C)C1CCC(OCC(=O)Nc2nc3c(C#N)c(C4CCCCC4)cn3c(=O)/c2=C/[O-])CC1.[K+]. The van der Waals surface area contributed by atoms with E-state index >= 15 is 0 Å². The topological polar surface area (TPSA) is 120 Å². The Bertz CT molecular complexity index is 1250. The van der Waals surface area contributed by atoms with Gasteiger partial charge in [-0.3, -0.25) is 14.0 Å². The zero-order chi connectivity index (χ0) is 25.9. The smallest absolute Gasteiger partial charge is 0.877 e. The second-order valence-electron chi connectivity index (χ2n) is 11.1. The van der Waals surface area contributed by atoms with Crippen molar-refractivity contribution >= 4 is 23.6 Å². The molecule has 9 heteroatoms. The molecule has 1 amide bonds. The number of nitrogens with zero attached hydrogens (tertiary/aromatic N) is 3. The summed E-state index contributed by atoms with van der Waals surface area (Å²) >= 11 is 0. The Balaban J connectivity index is 0.00000380. The van der Waals surface area contributed by atoms with E-state index < -0.39 is 11.5 Å². The molecule has 4 rings (SSSR count). The number of carbonyl (C=O) groups is 1. The Morgan fingerprint density at radius 2 is 1.92 bits per heavy atom. The van der Waals surface area contributed by atoms with Crippen molar-refractivity contribution in [2.75, 3.05) is 11.9 Å². The molecule has 0 spiro atoms. The summed E-state index contributed by atoms with van der Waals surface area (Å²) in [5.41, 5.74) is 1.05. The second-order valence-corrected chi connectivity index (χ2v) is 11.1. The van der Waals surface area contributed by atoms with Gasteiger partial charge in [-0.2, -0.15) is 5.26 Å². The number of hydrogen-bond acceptors (Lipinski definition) is 6. The number of fused-ring (bicyclic) bond motifs is 1. The first-order chi connectivity index (χ1) is 17.3. The Morgan fingerprint density at radius 3 is 2.51 bits per heavy atom. The molecule has 2 saturated carbocycles. The fourth-order valence-electron chi connectivity index (χ4n) is 5.88. The minimum atomic E-state index is -0.582. The van der Waals surface area contributed by atoms with Gasteiger partial charge in [0.15, 0.2) is 5.65 Å². The molecule has 194 valence electrons. The molecular formula is C28H37KN4O4. The Morgan fingerprint density at radius 1 is 1.24 bits per heavy atom. The van der Waals surface area contributed by atoms with Crippen molar-refractivity contribution < 1.29 is 66.0 Å².